The largest absolute Gasteiger partial charge is 0.338 e. The number of anilines is 1. The molecule has 5 rings (SSSR count). The normalized spacial score (nSPS) is 21.9. The van der Waals surface area contributed by atoms with Crippen molar-refractivity contribution in [3.8, 4) is 0 Å². The maximum atomic E-state index is 14.6. The van der Waals surface area contributed by atoms with Gasteiger partial charge < -0.3 is 10.2 Å². The van der Waals surface area contributed by atoms with E-state index in [2.05, 4.69) is 25.3 Å². The highest BCUT2D eigenvalue weighted by molar-refractivity contribution is 8.13. The van der Waals surface area contributed by atoms with E-state index in [1.165, 1.54) is 25.6 Å². The van der Waals surface area contributed by atoms with Crippen LogP contribution >= 0.6 is 11.8 Å². The fourth-order valence-corrected chi connectivity index (χ4v) is 5.52. The van der Waals surface area contributed by atoms with Crippen LogP contribution in [0.25, 0.3) is 0 Å². The van der Waals surface area contributed by atoms with Crippen molar-refractivity contribution in [2.24, 2.45) is 10.9 Å². The van der Waals surface area contributed by atoms with Gasteiger partial charge in [-0.3, -0.25) is 14.8 Å². The average molecular weight is 496 g/mol. The van der Waals surface area contributed by atoms with Crippen molar-refractivity contribution in [3.63, 3.8) is 0 Å². The highest BCUT2D eigenvalue weighted by Crippen LogP contribution is 2.45. The number of hydrogen-bond donors (Lipinski definition) is 1. The zero-order valence-corrected chi connectivity index (χ0v) is 20.0. The lowest BCUT2D eigenvalue weighted by Gasteiger charge is -2.34. The number of halogens is 2. The van der Waals surface area contributed by atoms with E-state index in [0.29, 0.717) is 35.3 Å². The maximum absolute atomic E-state index is 14.6. The summed E-state index contributed by atoms with van der Waals surface area (Å²) in [5, 5.41) is 3.39. The standard InChI is InChI=1S/C24H23F2N7OS/c1-23(2,26)19-17(25)10-29-21(30-19)33-12-16-13-35-22(31-20(34)15-6-4-3-5-7-15)32-24(16,14-33)18-11-27-8-9-28-18/h3-11,16H,12-14H2,1-2H3,(H,31,32,34)/t16-,24-/m0/s1. The molecular formula is C24H23F2N7OS. The van der Waals surface area contributed by atoms with Crippen LogP contribution in [0.3, 0.4) is 0 Å². The van der Waals surface area contributed by atoms with E-state index in [-0.39, 0.29) is 23.5 Å². The van der Waals surface area contributed by atoms with Gasteiger partial charge >= 0.3 is 0 Å². The summed E-state index contributed by atoms with van der Waals surface area (Å²) >= 11 is 1.45. The summed E-state index contributed by atoms with van der Waals surface area (Å²) < 4.78 is 28.8. The summed E-state index contributed by atoms with van der Waals surface area (Å²) in [6, 6.07) is 8.91. The Morgan fingerprint density at radius 2 is 2.00 bits per heavy atom. The molecule has 0 aliphatic carbocycles. The van der Waals surface area contributed by atoms with Crippen molar-refractivity contribution in [1.29, 1.82) is 0 Å². The topological polar surface area (TPSA) is 96.3 Å². The molecule has 2 atom stereocenters. The Kier molecular flexibility index (Phi) is 5.96. The predicted octanol–water partition coefficient (Wildman–Crippen LogP) is 3.47. The number of aliphatic imine (C=N–C) groups is 1. The highest BCUT2D eigenvalue weighted by Gasteiger charge is 2.52. The second-order valence-electron chi connectivity index (χ2n) is 8.98. The quantitative estimate of drug-likeness (QED) is 0.592. The third-order valence-electron chi connectivity index (χ3n) is 6.11. The minimum atomic E-state index is -1.96. The number of nitrogens with one attached hydrogen (secondary N) is 1. The monoisotopic (exact) mass is 495 g/mol. The number of fused-ring (bicyclic) bond motifs is 1. The van der Waals surface area contributed by atoms with Gasteiger partial charge in [0.2, 0.25) is 5.95 Å². The van der Waals surface area contributed by atoms with Crippen LogP contribution in [0.1, 0.15) is 35.6 Å². The van der Waals surface area contributed by atoms with E-state index in [4.69, 9.17) is 4.99 Å². The summed E-state index contributed by atoms with van der Waals surface area (Å²) in [5.74, 6) is -0.196. The summed E-state index contributed by atoms with van der Waals surface area (Å²) in [7, 11) is 0. The SMILES string of the molecule is CC(C)(F)c1nc(N2C[C@H]3CSC(NC(=O)c4ccccc4)=N[C@@]3(c3cnccn3)C2)ncc1F. The minimum Gasteiger partial charge on any atom is -0.338 e. The van der Waals surface area contributed by atoms with E-state index in [9.17, 15) is 13.6 Å². The molecule has 1 amide bonds. The van der Waals surface area contributed by atoms with Gasteiger partial charge in [0, 0.05) is 36.2 Å². The van der Waals surface area contributed by atoms with E-state index < -0.39 is 17.0 Å². The Hall–Kier alpha value is -3.47. The molecule has 0 saturated carbocycles. The number of hydrogen-bond acceptors (Lipinski definition) is 8. The minimum absolute atomic E-state index is 0.0166. The number of amidine groups is 1. The molecule has 0 bridgehead atoms. The van der Waals surface area contributed by atoms with Gasteiger partial charge in [-0.05, 0) is 26.0 Å². The molecule has 180 valence electrons. The number of thioether (sulfide) groups is 1. The van der Waals surface area contributed by atoms with E-state index in [0.717, 1.165) is 6.20 Å². The molecule has 1 saturated heterocycles. The molecule has 1 aromatic carbocycles. The second-order valence-corrected chi connectivity index (χ2v) is 9.99. The van der Waals surface area contributed by atoms with Gasteiger partial charge in [0.05, 0.1) is 24.6 Å². The number of benzene rings is 1. The number of aromatic nitrogens is 4. The van der Waals surface area contributed by atoms with Crippen molar-refractivity contribution < 1.29 is 13.6 Å². The number of carbonyl (C=O) groups is 1. The number of carbonyl (C=O) groups excluding carboxylic acids is 1. The zero-order valence-electron chi connectivity index (χ0n) is 19.2. The molecule has 11 heteroatoms. The number of amides is 1. The fraction of sp³-hybridized carbons (Fsp3) is 0.333. The van der Waals surface area contributed by atoms with E-state index in [1.807, 2.05) is 11.0 Å². The summed E-state index contributed by atoms with van der Waals surface area (Å²) in [5.41, 5.74) is -1.91. The summed E-state index contributed by atoms with van der Waals surface area (Å²) in [6.45, 7) is 3.34. The van der Waals surface area contributed by atoms with Crippen molar-refractivity contribution in [2.75, 3.05) is 23.7 Å². The molecule has 0 spiro atoms. The van der Waals surface area contributed by atoms with Crippen LogP contribution in [-0.4, -0.2) is 49.9 Å². The van der Waals surface area contributed by atoms with Crippen molar-refractivity contribution >= 4 is 28.8 Å². The lowest BCUT2D eigenvalue weighted by Crippen LogP contribution is -2.43. The third kappa shape index (κ3) is 4.47. The Bertz CT molecular complexity index is 1270. The molecule has 4 heterocycles. The third-order valence-corrected chi connectivity index (χ3v) is 7.15. The molecule has 2 aliphatic heterocycles. The molecule has 1 N–H and O–H groups in total. The van der Waals surface area contributed by atoms with Gasteiger partial charge in [0.1, 0.15) is 16.9 Å². The van der Waals surface area contributed by atoms with Gasteiger partial charge in [0.15, 0.2) is 11.0 Å². The molecule has 2 aromatic heterocycles. The molecule has 35 heavy (non-hydrogen) atoms. The molecule has 2 aliphatic rings. The van der Waals surface area contributed by atoms with Gasteiger partial charge in [-0.15, -0.1) is 0 Å². The molecular weight excluding hydrogens is 472 g/mol. The summed E-state index contributed by atoms with van der Waals surface area (Å²) in [4.78, 5) is 36.7. The van der Waals surface area contributed by atoms with Crippen molar-refractivity contribution in [3.05, 3.63) is 77.9 Å². The van der Waals surface area contributed by atoms with E-state index >= 15 is 0 Å². The van der Waals surface area contributed by atoms with Crippen LogP contribution < -0.4 is 10.2 Å². The first kappa shape index (κ1) is 23.3. The predicted molar refractivity (Wildman–Crippen MR) is 129 cm³/mol. The van der Waals surface area contributed by atoms with Crippen LogP contribution in [0, 0.1) is 11.7 Å². The first-order valence-electron chi connectivity index (χ1n) is 11.1. The average Bonchev–Trinajstić information content (AvgIpc) is 3.25. The molecule has 1 fully saturated rings. The lowest BCUT2D eigenvalue weighted by molar-refractivity contribution is 0.0977. The number of alkyl halides is 1. The lowest BCUT2D eigenvalue weighted by atomic mass is 9.86. The Morgan fingerprint density at radius 1 is 1.20 bits per heavy atom. The highest BCUT2D eigenvalue weighted by atomic mass is 32.2. The van der Waals surface area contributed by atoms with Gasteiger partial charge in [-0.2, -0.15) is 0 Å². The molecule has 8 nitrogen and oxygen atoms in total. The Morgan fingerprint density at radius 3 is 2.71 bits per heavy atom. The maximum Gasteiger partial charge on any atom is 0.257 e. The van der Waals surface area contributed by atoms with Crippen LogP contribution in [0.4, 0.5) is 14.7 Å². The van der Waals surface area contributed by atoms with Gasteiger partial charge in [-0.25, -0.2) is 23.7 Å². The van der Waals surface area contributed by atoms with Crippen LogP contribution in [0.5, 0.6) is 0 Å². The van der Waals surface area contributed by atoms with Gasteiger partial charge in [-0.1, -0.05) is 30.0 Å². The summed E-state index contributed by atoms with van der Waals surface area (Å²) in [6.07, 6.45) is 5.84. The Labute approximate surface area is 205 Å². The first-order chi connectivity index (χ1) is 16.8. The zero-order chi connectivity index (χ0) is 24.6. The van der Waals surface area contributed by atoms with E-state index in [1.54, 1.807) is 42.9 Å². The first-order valence-corrected chi connectivity index (χ1v) is 12.1. The van der Waals surface area contributed by atoms with Crippen LogP contribution in [-0.2, 0) is 11.2 Å². The second kappa shape index (κ2) is 8.95. The van der Waals surface area contributed by atoms with Crippen LogP contribution in [0.15, 0.2) is 60.1 Å². The molecule has 0 radical (unpaired) electrons. The van der Waals surface area contributed by atoms with Crippen molar-refractivity contribution in [1.82, 2.24) is 25.3 Å². The molecule has 3 aromatic rings. The van der Waals surface area contributed by atoms with Crippen LogP contribution in [0.2, 0.25) is 0 Å². The fourth-order valence-electron chi connectivity index (χ4n) is 4.38. The Balaban J connectivity index is 1.50. The smallest absolute Gasteiger partial charge is 0.257 e. The van der Waals surface area contributed by atoms with Crippen molar-refractivity contribution in [2.45, 2.75) is 25.1 Å². The number of nitrogens with zero attached hydrogens (tertiary/aromatic N) is 6. The number of rotatable bonds is 4. The molecule has 0 unspecified atom stereocenters. The van der Waals surface area contributed by atoms with Gasteiger partial charge in [0.25, 0.3) is 5.91 Å².